The van der Waals surface area contributed by atoms with E-state index in [0.717, 1.165) is 12.8 Å². The summed E-state index contributed by atoms with van der Waals surface area (Å²) in [4.78, 5) is 13.6. The molecule has 0 amide bonds. The average Bonchev–Trinajstić information content (AvgIpc) is 3.39. The number of carbonyl (C=O) groups excluding carboxylic acids is 1. The lowest BCUT2D eigenvalue weighted by Gasteiger charge is -2.13. The minimum atomic E-state index is -1.32. The minimum absolute atomic E-state index is 0.177. The molecule has 0 bridgehead atoms. The number of carbonyl (C=O) groups is 1. The Kier molecular flexibility index (Phi) is 4.85. The highest BCUT2D eigenvalue weighted by Crippen LogP contribution is 2.42. The van der Waals surface area contributed by atoms with Crippen LogP contribution >= 0.6 is 0 Å². The number of hydrogen-bond acceptors (Lipinski definition) is 4. The monoisotopic (exact) mass is 383 g/mol. The maximum atomic E-state index is 14.4. The first-order chi connectivity index (χ1) is 13.1. The third-order valence-corrected chi connectivity index (χ3v) is 5.81. The molecule has 27 heavy (non-hydrogen) atoms. The largest absolute Gasteiger partial charge is 0.612 e. The van der Waals surface area contributed by atoms with Crippen molar-refractivity contribution in [2.75, 3.05) is 6.26 Å². The van der Waals surface area contributed by atoms with Crippen LogP contribution in [0.2, 0.25) is 0 Å². The molecule has 3 aromatic rings. The van der Waals surface area contributed by atoms with Crippen LogP contribution in [0.4, 0.5) is 4.39 Å². The smallest absolute Gasteiger partial charge is 0.198 e. The van der Waals surface area contributed by atoms with Crippen molar-refractivity contribution in [3.8, 4) is 0 Å². The first-order valence-corrected chi connectivity index (χ1v) is 10.3. The topological polar surface area (TPSA) is 66.2 Å². The van der Waals surface area contributed by atoms with Crippen molar-refractivity contribution in [2.45, 2.75) is 30.1 Å². The predicted molar refractivity (Wildman–Crippen MR) is 99.9 cm³/mol. The van der Waals surface area contributed by atoms with E-state index in [4.69, 9.17) is 4.52 Å². The zero-order chi connectivity index (χ0) is 19.0. The molecule has 138 valence electrons. The second-order valence-corrected chi connectivity index (χ2v) is 8.06. The molecule has 0 spiro atoms. The van der Waals surface area contributed by atoms with Crippen molar-refractivity contribution in [3.05, 3.63) is 82.5 Å². The normalized spacial score (nSPS) is 14.9. The quantitative estimate of drug-likeness (QED) is 0.471. The van der Waals surface area contributed by atoms with Gasteiger partial charge in [0, 0.05) is 23.5 Å². The van der Waals surface area contributed by atoms with E-state index >= 15 is 0 Å². The van der Waals surface area contributed by atoms with Crippen LogP contribution in [0.5, 0.6) is 0 Å². The van der Waals surface area contributed by atoms with Gasteiger partial charge in [-0.1, -0.05) is 35.5 Å². The molecule has 1 unspecified atom stereocenters. The van der Waals surface area contributed by atoms with Crippen LogP contribution in [-0.2, 0) is 17.6 Å². The number of benzene rings is 2. The summed E-state index contributed by atoms with van der Waals surface area (Å²) in [6.45, 7) is 0. The van der Waals surface area contributed by atoms with Gasteiger partial charge in [-0.25, -0.2) is 4.39 Å². The first kappa shape index (κ1) is 17.9. The predicted octanol–water partition coefficient (Wildman–Crippen LogP) is 4.25. The molecule has 0 radical (unpaired) electrons. The molecule has 0 N–H and O–H groups in total. The van der Waals surface area contributed by atoms with Gasteiger partial charge in [0.1, 0.15) is 12.1 Å². The van der Waals surface area contributed by atoms with E-state index in [1.807, 2.05) is 6.07 Å². The number of hydrogen-bond donors (Lipinski definition) is 0. The molecule has 0 saturated heterocycles. The van der Waals surface area contributed by atoms with Crippen molar-refractivity contribution < 1.29 is 18.3 Å². The summed E-state index contributed by atoms with van der Waals surface area (Å²) < 4.78 is 31.7. The van der Waals surface area contributed by atoms with Crippen LogP contribution in [0, 0.1) is 5.82 Å². The number of nitrogens with zero attached hydrogens (tertiary/aromatic N) is 1. The van der Waals surface area contributed by atoms with E-state index in [9.17, 15) is 13.7 Å². The molecular weight excluding hydrogens is 365 g/mol. The van der Waals surface area contributed by atoms with Crippen molar-refractivity contribution in [1.29, 1.82) is 0 Å². The summed E-state index contributed by atoms with van der Waals surface area (Å²) in [6, 6.07) is 11.7. The molecule has 0 aliphatic heterocycles. The molecule has 1 heterocycles. The van der Waals surface area contributed by atoms with Crippen molar-refractivity contribution in [2.24, 2.45) is 0 Å². The molecule has 1 aromatic heterocycles. The molecule has 4 nitrogen and oxygen atoms in total. The summed E-state index contributed by atoms with van der Waals surface area (Å²) in [5.74, 6) is 0.299. The van der Waals surface area contributed by atoms with E-state index in [0.29, 0.717) is 32.9 Å². The zero-order valence-corrected chi connectivity index (χ0v) is 15.6. The minimum Gasteiger partial charge on any atom is -0.612 e. The Morgan fingerprint density at radius 1 is 1.22 bits per heavy atom. The van der Waals surface area contributed by atoms with Crippen LogP contribution in [-0.4, -0.2) is 21.7 Å². The van der Waals surface area contributed by atoms with E-state index in [1.54, 1.807) is 30.3 Å². The van der Waals surface area contributed by atoms with Gasteiger partial charge in [-0.2, -0.15) is 0 Å². The Morgan fingerprint density at radius 2 is 2.00 bits per heavy atom. The summed E-state index contributed by atoms with van der Waals surface area (Å²) >= 11 is -1.32. The van der Waals surface area contributed by atoms with Crippen LogP contribution < -0.4 is 0 Å². The lowest BCUT2D eigenvalue weighted by atomic mass is 9.94. The van der Waals surface area contributed by atoms with E-state index in [-0.39, 0.29) is 18.1 Å². The maximum absolute atomic E-state index is 14.4. The van der Waals surface area contributed by atoms with Crippen molar-refractivity contribution in [1.82, 2.24) is 5.16 Å². The highest BCUT2D eigenvalue weighted by molar-refractivity contribution is 7.90. The van der Waals surface area contributed by atoms with Gasteiger partial charge in [0.2, 0.25) is 0 Å². The number of ketones is 1. The Balaban J connectivity index is 1.73. The maximum Gasteiger partial charge on any atom is 0.198 e. The van der Waals surface area contributed by atoms with Gasteiger partial charge in [0.15, 0.2) is 16.4 Å². The van der Waals surface area contributed by atoms with Gasteiger partial charge in [-0.3, -0.25) is 4.79 Å². The second kappa shape index (κ2) is 7.29. The Morgan fingerprint density at radius 3 is 2.74 bits per heavy atom. The SMILES string of the molecule is C[S+]([O-])c1cccc(F)c1Cc1ccccc1C(=O)c1cnoc1C1CC1. The number of aromatic nitrogens is 1. The summed E-state index contributed by atoms with van der Waals surface area (Å²) in [7, 11) is 0. The Hall–Kier alpha value is -2.44. The molecule has 1 aliphatic rings. The fourth-order valence-corrected chi connectivity index (χ4v) is 4.06. The van der Waals surface area contributed by atoms with Crippen LogP contribution in [0.15, 0.2) is 58.1 Å². The molecule has 1 fully saturated rings. The summed E-state index contributed by atoms with van der Waals surface area (Å²) in [5.41, 5.74) is 1.99. The Labute approximate surface area is 159 Å². The van der Waals surface area contributed by atoms with Gasteiger partial charge in [-0.05, 0) is 41.7 Å². The molecule has 1 saturated carbocycles. The zero-order valence-electron chi connectivity index (χ0n) is 14.8. The van der Waals surface area contributed by atoms with Crippen molar-refractivity contribution in [3.63, 3.8) is 0 Å². The van der Waals surface area contributed by atoms with Crippen LogP contribution in [0.25, 0.3) is 0 Å². The number of rotatable bonds is 6. The highest BCUT2D eigenvalue weighted by Gasteiger charge is 2.33. The summed E-state index contributed by atoms with van der Waals surface area (Å²) in [6.07, 6.45) is 5.17. The van der Waals surface area contributed by atoms with E-state index < -0.39 is 17.0 Å². The lowest BCUT2D eigenvalue weighted by Crippen LogP contribution is -2.10. The standard InChI is InChI=1S/C21H18FNO3S/c1-27(25)19-8-4-7-18(22)16(19)11-14-5-2-3-6-15(14)20(24)17-12-23-26-21(17)13-9-10-13/h2-8,12-13H,9-11H2,1H3. The fourth-order valence-electron chi connectivity index (χ4n) is 3.27. The highest BCUT2D eigenvalue weighted by atomic mass is 32.2. The van der Waals surface area contributed by atoms with Crippen LogP contribution in [0.1, 0.15) is 51.6 Å². The van der Waals surface area contributed by atoms with Gasteiger partial charge in [0.25, 0.3) is 0 Å². The molecule has 1 atom stereocenters. The fraction of sp³-hybridized carbons (Fsp3) is 0.238. The third kappa shape index (κ3) is 3.55. The van der Waals surface area contributed by atoms with Gasteiger partial charge >= 0.3 is 0 Å². The van der Waals surface area contributed by atoms with Crippen molar-refractivity contribution >= 4 is 17.0 Å². The molecule has 4 rings (SSSR count). The number of halogens is 1. The van der Waals surface area contributed by atoms with Gasteiger partial charge < -0.3 is 9.08 Å². The average molecular weight is 383 g/mol. The second-order valence-electron chi connectivity index (χ2n) is 6.71. The molecular formula is C21H18FNO3S. The molecule has 1 aliphatic carbocycles. The first-order valence-electron chi connectivity index (χ1n) is 8.74. The van der Waals surface area contributed by atoms with Crippen LogP contribution in [0.3, 0.4) is 0 Å². The van der Waals surface area contributed by atoms with Gasteiger partial charge in [0.05, 0.1) is 11.8 Å². The Bertz CT molecular complexity index is 995. The lowest BCUT2D eigenvalue weighted by molar-refractivity contribution is 0.103. The summed E-state index contributed by atoms with van der Waals surface area (Å²) in [5, 5.41) is 3.80. The van der Waals surface area contributed by atoms with E-state index in [2.05, 4.69) is 5.16 Å². The van der Waals surface area contributed by atoms with E-state index in [1.165, 1.54) is 18.5 Å². The van der Waals surface area contributed by atoms with Gasteiger partial charge in [-0.15, -0.1) is 0 Å². The molecule has 2 aromatic carbocycles. The molecule has 6 heteroatoms. The third-order valence-electron chi connectivity index (χ3n) is 4.81.